The Kier molecular flexibility index (Phi) is 3.33. The fourth-order valence-electron chi connectivity index (χ4n) is 0.976. The smallest absolute Gasteiger partial charge is 0.493 e. The highest BCUT2D eigenvalue weighted by Crippen LogP contribution is 2.39. The monoisotopic (exact) mass is 285 g/mol. The van der Waals surface area contributed by atoms with Crippen molar-refractivity contribution in [3.63, 3.8) is 0 Å². The molecule has 7 heteroatoms. The highest BCUT2D eigenvalue weighted by Gasteiger charge is 2.32. The maximum Gasteiger partial charge on any atom is 0.573 e. The Bertz CT molecular complexity index is 368. The van der Waals surface area contributed by atoms with E-state index < -0.39 is 12.1 Å². The van der Waals surface area contributed by atoms with Gasteiger partial charge in [0.25, 0.3) is 0 Å². The zero-order valence-electron chi connectivity index (χ0n) is 7.56. The van der Waals surface area contributed by atoms with Gasteiger partial charge in [-0.1, -0.05) is 0 Å². The average molecular weight is 286 g/mol. The van der Waals surface area contributed by atoms with Crippen molar-refractivity contribution in [2.45, 2.75) is 6.36 Å². The van der Waals surface area contributed by atoms with E-state index in [2.05, 4.69) is 20.7 Å². The van der Waals surface area contributed by atoms with Crippen molar-refractivity contribution in [3.05, 3.63) is 16.6 Å². The van der Waals surface area contributed by atoms with Crippen LogP contribution in [0.3, 0.4) is 0 Å². The summed E-state index contributed by atoms with van der Waals surface area (Å²) in [5.41, 5.74) is 5.22. The lowest BCUT2D eigenvalue weighted by atomic mass is 10.3. The van der Waals surface area contributed by atoms with E-state index in [1.165, 1.54) is 13.2 Å². The van der Waals surface area contributed by atoms with Gasteiger partial charge >= 0.3 is 6.36 Å². The van der Waals surface area contributed by atoms with Gasteiger partial charge in [-0.05, 0) is 28.1 Å². The first kappa shape index (κ1) is 12.0. The average Bonchev–Trinajstić information content (AvgIpc) is 2.09. The number of ether oxygens (including phenoxy) is 2. The third-order valence-electron chi connectivity index (χ3n) is 1.54. The molecule has 0 amide bonds. The molecular weight excluding hydrogens is 279 g/mol. The summed E-state index contributed by atoms with van der Waals surface area (Å²) in [5.74, 6) is -0.376. The molecule has 0 aliphatic heterocycles. The summed E-state index contributed by atoms with van der Waals surface area (Å²) in [5, 5.41) is 0. The number of methoxy groups -OCH3 is 1. The lowest BCUT2D eigenvalue weighted by Crippen LogP contribution is -2.18. The molecule has 0 aliphatic carbocycles. The zero-order chi connectivity index (χ0) is 11.6. The number of hydrogen-bond donors (Lipinski definition) is 1. The van der Waals surface area contributed by atoms with E-state index in [1.807, 2.05) is 0 Å². The van der Waals surface area contributed by atoms with Crippen LogP contribution in [0.15, 0.2) is 16.6 Å². The molecule has 3 nitrogen and oxygen atoms in total. The minimum atomic E-state index is -4.77. The molecule has 0 bridgehead atoms. The van der Waals surface area contributed by atoms with Crippen LogP contribution in [0, 0.1) is 0 Å². The normalized spacial score (nSPS) is 11.3. The lowest BCUT2D eigenvalue weighted by Gasteiger charge is -2.14. The summed E-state index contributed by atoms with van der Waals surface area (Å²) in [4.78, 5) is 0. The van der Waals surface area contributed by atoms with Crippen LogP contribution in [0.1, 0.15) is 0 Å². The Labute approximate surface area is 92.1 Å². The standard InChI is InChI=1S/C8H7BrF3NO2/c1-14-7-4(9)2-3-5(6(7)13)15-8(10,11)12/h2-3H,13H2,1H3. The molecule has 0 aromatic heterocycles. The molecule has 0 atom stereocenters. The SMILES string of the molecule is COc1c(Br)ccc(OC(F)(F)F)c1N. The number of hydrogen-bond acceptors (Lipinski definition) is 3. The highest BCUT2D eigenvalue weighted by atomic mass is 79.9. The van der Waals surface area contributed by atoms with Gasteiger partial charge in [0.1, 0.15) is 5.69 Å². The summed E-state index contributed by atoms with van der Waals surface area (Å²) in [6.45, 7) is 0. The number of anilines is 1. The maximum atomic E-state index is 11.9. The van der Waals surface area contributed by atoms with Gasteiger partial charge in [0.15, 0.2) is 11.5 Å². The van der Waals surface area contributed by atoms with Crippen LogP contribution in [-0.2, 0) is 0 Å². The van der Waals surface area contributed by atoms with Crippen LogP contribution in [-0.4, -0.2) is 13.5 Å². The Balaban J connectivity index is 3.11. The lowest BCUT2D eigenvalue weighted by molar-refractivity contribution is -0.274. The third kappa shape index (κ3) is 2.92. The van der Waals surface area contributed by atoms with E-state index in [-0.39, 0.29) is 11.4 Å². The van der Waals surface area contributed by atoms with Gasteiger partial charge in [0.05, 0.1) is 11.6 Å². The van der Waals surface area contributed by atoms with Crippen molar-refractivity contribution in [3.8, 4) is 11.5 Å². The van der Waals surface area contributed by atoms with Gasteiger partial charge < -0.3 is 15.2 Å². The molecule has 0 unspecified atom stereocenters. The van der Waals surface area contributed by atoms with Crippen LogP contribution in [0.5, 0.6) is 11.5 Å². The molecule has 2 N–H and O–H groups in total. The maximum absolute atomic E-state index is 11.9. The molecule has 0 saturated heterocycles. The van der Waals surface area contributed by atoms with Crippen molar-refractivity contribution in [2.24, 2.45) is 0 Å². The van der Waals surface area contributed by atoms with Gasteiger partial charge in [-0.15, -0.1) is 13.2 Å². The van der Waals surface area contributed by atoms with Crippen molar-refractivity contribution in [1.82, 2.24) is 0 Å². The molecule has 1 aromatic carbocycles. The number of rotatable bonds is 2. The molecule has 0 heterocycles. The Morgan fingerprint density at radius 2 is 1.93 bits per heavy atom. The first-order chi connectivity index (χ1) is 6.85. The predicted molar refractivity (Wildman–Crippen MR) is 51.8 cm³/mol. The molecule has 0 radical (unpaired) electrons. The van der Waals surface area contributed by atoms with Crippen LogP contribution < -0.4 is 15.2 Å². The van der Waals surface area contributed by atoms with Gasteiger partial charge in [0.2, 0.25) is 0 Å². The fraction of sp³-hybridized carbons (Fsp3) is 0.250. The van der Waals surface area contributed by atoms with E-state index in [4.69, 9.17) is 10.5 Å². The van der Waals surface area contributed by atoms with Gasteiger partial charge in [-0.25, -0.2) is 0 Å². The number of nitrogen functional groups attached to an aromatic ring is 1. The molecule has 0 saturated carbocycles. The van der Waals surface area contributed by atoms with E-state index in [0.717, 1.165) is 6.07 Å². The number of halogens is 4. The molecule has 0 aliphatic rings. The Morgan fingerprint density at radius 3 is 2.40 bits per heavy atom. The largest absolute Gasteiger partial charge is 0.573 e. The van der Waals surface area contributed by atoms with Crippen LogP contribution >= 0.6 is 15.9 Å². The van der Waals surface area contributed by atoms with Crippen LogP contribution in [0.2, 0.25) is 0 Å². The first-order valence-corrected chi connectivity index (χ1v) is 4.52. The van der Waals surface area contributed by atoms with Gasteiger partial charge in [-0.3, -0.25) is 0 Å². The Hall–Kier alpha value is -1.11. The first-order valence-electron chi connectivity index (χ1n) is 3.73. The Morgan fingerprint density at radius 1 is 1.33 bits per heavy atom. The van der Waals surface area contributed by atoms with Gasteiger partial charge in [-0.2, -0.15) is 0 Å². The summed E-state index contributed by atoms with van der Waals surface area (Å²) >= 11 is 3.08. The molecule has 84 valence electrons. The zero-order valence-corrected chi connectivity index (χ0v) is 9.15. The quantitative estimate of drug-likeness (QED) is 0.850. The van der Waals surface area contributed by atoms with Crippen molar-refractivity contribution in [2.75, 3.05) is 12.8 Å². The molecular formula is C8H7BrF3NO2. The van der Waals surface area contributed by atoms with Crippen molar-refractivity contribution < 1.29 is 22.6 Å². The number of alkyl halides is 3. The third-order valence-corrected chi connectivity index (χ3v) is 2.16. The number of nitrogens with two attached hydrogens (primary N) is 1. The van der Waals surface area contributed by atoms with Crippen molar-refractivity contribution >= 4 is 21.6 Å². The predicted octanol–water partition coefficient (Wildman–Crippen LogP) is 2.94. The second-order valence-electron chi connectivity index (χ2n) is 2.54. The highest BCUT2D eigenvalue weighted by molar-refractivity contribution is 9.10. The van der Waals surface area contributed by atoms with E-state index in [0.29, 0.717) is 4.47 Å². The molecule has 15 heavy (non-hydrogen) atoms. The van der Waals surface area contributed by atoms with Crippen molar-refractivity contribution in [1.29, 1.82) is 0 Å². The summed E-state index contributed by atoms with van der Waals surface area (Å²) < 4.78 is 44.8. The van der Waals surface area contributed by atoms with Crippen LogP contribution in [0.25, 0.3) is 0 Å². The van der Waals surface area contributed by atoms with E-state index >= 15 is 0 Å². The van der Waals surface area contributed by atoms with Crippen LogP contribution in [0.4, 0.5) is 18.9 Å². The summed E-state index contributed by atoms with van der Waals surface area (Å²) in [7, 11) is 1.30. The topological polar surface area (TPSA) is 44.5 Å². The number of benzene rings is 1. The second-order valence-corrected chi connectivity index (χ2v) is 3.39. The molecule has 0 fully saturated rings. The van der Waals surface area contributed by atoms with E-state index in [9.17, 15) is 13.2 Å². The molecule has 0 spiro atoms. The summed E-state index contributed by atoms with van der Waals surface area (Å²) in [6, 6.07) is 2.46. The minimum absolute atomic E-state index is 0.108. The van der Waals surface area contributed by atoms with E-state index in [1.54, 1.807) is 0 Å². The molecule has 1 rings (SSSR count). The second kappa shape index (κ2) is 4.18. The van der Waals surface area contributed by atoms with Gasteiger partial charge in [0, 0.05) is 0 Å². The fourth-order valence-corrected chi connectivity index (χ4v) is 1.48. The molecule has 1 aromatic rings. The summed E-state index contributed by atoms with van der Waals surface area (Å²) in [6.07, 6.45) is -4.77. The minimum Gasteiger partial charge on any atom is -0.493 e.